The third-order valence-corrected chi connectivity index (χ3v) is 2.87. The Morgan fingerprint density at radius 2 is 2.14 bits per heavy atom. The lowest BCUT2D eigenvalue weighted by Gasteiger charge is -2.19. The van der Waals surface area contributed by atoms with E-state index < -0.39 is 11.7 Å². The third-order valence-electron chi connectivity index (χ3n) is 2.87. The largest absolute Gasteiger partial charge is 0.444 e. The molecule has 0 aliphatic heterocycles. The zero-order chi connectivity index (χ0) is 15.5. The average Bonchev–Trinajstić information content (AvgIpc) is 2.74. The lowest BCUT2D eigenvalue weighted by molar-refractivity contribution is 0.0528. The topological polar surface area (TPSA) is 56.2 Å². The molecule has 1 heterocycles. The molecule has 5 heteroatoms. The van der Waals surface area contributed by atoms with Gasteiger partial charge in [0.05, 0.1) is 11.0 Å². The minimum Gasteiger partial charge on any atom is -0.444 e. The van der Waals surface area contributed by atoms with Crippen molar-refractivity contribution in [3.8, 4) is 0 Å². The predicted octanol–water partition coefficient (Wildman–Crippen LogP) is 3.20. The molecule has 0 saturated carbocycles. The Morgan fingerprint density at radius 1 is 1.43 bits per heavy atom. The number of imidazole rings is 1. The molecule has 1 amide bonds. The second-order valence-electron chi connectivity index (χ2n) is 5.75. The summed E-state index contributed by atoms with van der Waals surface area (Å²) in [5, 5.41) is 2.73. The molecule has 0 aliphatic carbocycles. The van der Waals surface area contributed by atoms with Crippen molar-refractivity contribution in [1.29, 1.82) is 0 Å². The number of hydrogen-bond acceptors (Lipinski definition) is 3. The van der Waals surface area contributed by atoms with Crippen LogP contribution in [0.15, 0.2) is 30.8 Å². The summed E-state index contributed by atoms with van der Waals surface area (Å²) in [6.07, 6.45) is 1.93. The predicted molar refractivity (Wildman–Crippen MR) is 84.1 cm³/mol. The van der Waals surface area contributed by atoms with Gasteiger partial charge in [0, 0.05) is 19.2 Å². The highest BCUT2D eigenvalue weighted by Crippen LogP contribution is 2.16. The molecule has 2 rings (SSSR count). The lowest BCUT2D eigenvalue weighted by Crippen LogP contribution is -2.33. The average molecular weight is 287 g/mol. The zero-order valence-electron chi connectivity index (χ0n) is 12.7. The number of para-hydroxylation sites is 2. The van der Waals surface area contributed by atoms with Gasteiger partial charge in [-0.15, -0.1) is 0 Å². The highest BCUT2D eigenvalue weighted by atomic mass is 16.6. The number of carbonyl (C=O) groups is 1. The van der Waals surface area contributed by atoms with Crippen molar-refractivity contribution in [2.24, 2.45) is 0 Å². The van der Waals surface area contributed by atoms with Crippen LogP contribution in [-0.4, -0.2) is 27.8 Å². The summed E-state index contributed by atoms with van der Waals surface area (Å²) in [5.74, 6) is 0.863. The summed E-state index contributed by atoms with van der Waals surface area (Å²) in [4.78, 5) is 16.1. The Bertz CT molecular complexity index is 653. The van der Waals surface area contributed by atoms with Crippen LogP contribution < -0.4 is 5.32 Å². The summed E-state index contributed by atoms with van der Waals surface area (Å²) >= 11 is 0. The number of nitrogens with one attached hydrogen (secondary N) is 1. The Labute approximate surface area is 124 Å². The van der Waals surface area contributed by atoms with Crippen molar-refractivity contribution in [1.82, 2.24) is 14.9 Å². The van der Waals surface area contributed by atoms with Gasteiger partial charge < -0.3 is 14.6 Å². The molecule has 21 heavy (non-hydrogen) atoms. The van der Waals surface area contributed by atoms with E-state index in [1.54, 1.807) is 6.20 Å². The fourth-order valence-electron chi connectivity index (χ4n) is 2.06. The van der Waals surface area contributed by atoms with E-state index in [2.05, 4.69) is 16.9 Å². The molecule has 1 aromatic carbocycles. The van der Waals surface area contributed by atoms with E-state index in [0.29, 0.717) is 13.0 Å². The van der Waals surface area contributed by atoms with E-state index in [4.69, 9.17) is 4.74 Å². The van der Waals surface area contributed by atoms with Crippen molar-refractivity contribution in [2.75, 3.05) is 6.54 Å². The number of rotatable bonds is 4. The van der Waals surface area contributed by atoms with Gasteiger partial charge in [-0.05, 0) is 32.9 Å². The van der Waals surface area contributed by atoms with E-state index in [0.717, 1.165) is 16.9 Å². The molecular weight excluding hydrogens is 266 g/mol. The molecule has 0 radical (unpaired) electrons. The SMILES string of the molecule is C=Cn1c(CCNC(=O)OC(C)(C)C)nc2ccccc21. The summed E-state index contributed by atoms with van der Waals surface area (Å²) in [6, 6.07) is 7.87. The van der Waals surface area contributed by atoms with Crippen molar-refractivity contribution < 1.29 is 9.53 Å². The van der Waals surface area contributed by atoms with Crippen LogP contribution in [0.1, 0.15) is 26.6 Å². The Morgan fingerprint density at radius 3 is 2.81 bits per heavy atom. The van der Waals surface area contributed by atoms with Gasteiger partial charge in [0.2, 0.25) is 0 Å². The van der Waals surface area contributed by atoms with Gasteiger partial charge in [0.1, 0.15) is 11.4 Å². The number of alkyl carbamates (subject to hydrolysis) is 1. The van der Waals surface area contributed by atoms with Gasteiger partial charge in [0.25, 0.3) is 0 Å². The van der Waals surface area contributed by atoms with Gasteiger partial charge in [-0.25, -0.2) is 9.78 Å². The number of carbonyl (C=O) groups excluding carboxylic acids is 1. The van der Waals surface area contributed by atoms with E-state index in [1.165, 1.54) is 0 Å². The molecule has 0 bridgehead atoms. The van der Waals surface area contributed by atoms with Gasteiger partial charge >= 0.3 is 6.09 Å². The maximum Gasteiger partial charge on any atom is 0.407 e. The van der Waals surface area contributed by atoms with Crippen LogP contribution >= 0.6 is 0 Å². The Kier molecular flexibility index (Phi) is 4.31. The Hall–Kier alpha value is -2.30. The maximum atomic E-state index is 11.6. The molecule has 0 spiro atoms. The highest BCUT2D eigenvalue weighted by Gasteiger charge is 2.16. The number of benzene rings is 1. The van der Waals surface area contributed by atoms with Gasteiger partial charge in [-0.2, -0.15) is 0 Å². The van der Waals surface area contributed by atoms with Crippen LogP contribution in [0.4, 0.5) is 4.79 Å². The number of fused-ring (bicyclic) bond motifs is 1. The molecule has 1 N–H and O–H groups in total. The molecule has 0 fully saturated rings. The molecule has 2 aromatic rings. The first kappa shape index (κ1) is 15.1. The molecule has 0 unspecified atom stereocenters. The maximum absolute atomic E-state index is 11.6. The quantitative estimate of drug-likeness (QED) is 0.939. The monoisotopic (exact) mass is 287 g/mol. The zero-order valence-corrected chi connectivity index (χ0v) is 12.7. The number of hydrogen-bond donors (Lipinski definition) is 1. The standard InChI is InChI=1S/C16H21N3O2/c1-5-19-13-9-7-6-8-12(13)18-14(19)10-11-17-15(20)21-16(2,3)4/h5-9H,1,10-11H2,2-4H3,(H,17,20). The van der Waals surface area contributed by atoms with Crippen LogP contribution in [0.25, 0.3) is 17.2 Å². The number of aromatic nitrogens is 2. The van der Waals surface area contributed by atoms with Gasteiger partial charge in [-0.3, -0.25) is 0 Å². The Balaban J connectivity index is 2.01. The minimum atomic E-state index is -0.488. The second kappa shape index (κ2) is 5.99. The summed E-state index contributed by atoms with van der Waals surface area (Å²) < 4.78 is 7.13. The lowest BCUT2D eigenvalue weighted by atomic mass is 10.2. The van der Waals surface area contributed by atoms with E-state index >= 15 is 0 Å². The van der Waals surface area contributed by atoms with Crippen molar-refractivity contribution >= 4 is 23.3 Å². The van der Waals surface area contributed by atoms with E-state index in [-0.39, 0.29) is 0 Å². The van der Waals surface area contributed by atoms with Crippen LogP contribution in [0, 0.1) is 0 Å². The fraction of sp³-hybridized carbons (Fsp3) is 0.375. The molecule has 0 aliphatic rings. The second-order valence-corrected chi connectivity index (χ2v) is 5.75. The minimum absolute atomic E-state index is 0.413. The molecule has 0 atom stereocenters. The summed E-state index contributed by atoms with van der Waals surface area (Å²) in [7, 11) is 0. The molecular formula is C16H21N3O2. The first-order chi connectivity index (χ1) is 9.90. The molecule has 1 aromatic heterocycles. The highest BCUT2D eigenvalue weighted by molar-refractivity contribution is 5.78. The fourth-order valence-corrected chi connectivity index (χ4v) is 2.06. The van der Waals surface area contributed by atoms with Crippen molar-refractivity contribution in [2.45, 2.75) is 32.8 Å². The number of nitrogens with zero attached hydrogens (tertiary/aromatic N) is 2. The number of amides is 1. The normalized spacial score (nSPS) is 11.4. The summed E-state index contributed by atoms with van der Waals surface area (Å²) in [6.45, 7) is 9.79. The van der Waals surface area contributed by atoms with Gasteiger partial charge in [0.15, 0.2) is 0 Å². The van der Waals surface area contributed by atoms with Crippen molar-refractivity contribution in [3.05, 3.63) is 36.7 Å². The van der Waals surface area contributed by atoms with E-state index in [9.17, 15) is 4.79 Å². The van der Waals surface area contributed by atoms with Crippen LogP contribution in [-0.2, 0) is 11.2 Å². The smallest absolute Gasteiger partial charge is 0.407 e. The summed E-state index contributed by atoms with van der Waals surface area (Å²) in [5.41, 5.74) is 1.45. The van der Waals surface area contributed by atoms with Gasteiger partial charge in [-0.1, -0.05) is 18.7 Å². The van der Waals surface area contributed by atoms with Crippen LogP contribution in [0.3, 0.4) is 0 Å². The molecule has 112 valence electrons. The number of ether oxygens (including phenoxy) is 1. The molecule has 0 saturated heterocycles. The van der Waals surface area contributed by atoms with Crippen LogP contribution in [0.5, 0.6) is 0 Å². The first-order valence-corrected chi connectivity index (χ1v) is 6.96. The van der Waals surface area contributed by atoms with E-state index in [1.807, 2.05) is 49.6 Å². The first-order valence-electron chi connectivity index (χ1n) is 6.96. The van der Waals surface area contributed by atoms with Crippen molar-refractivity contribution in [3.63, 3.8) is 0 Å². The molecule has 5 nitrogen and oxygen atoms in total. The third kappa shape index (κ3) is 3.84. The van der Waals surface area contributed by atoms with Crippen LogP contribution in [0.2, 0.25) is 0 Å².